The van der Waals surface area contributed by atoms with Gasteiger partial charge in [0.1, 0.15) is 12.4 Å². The molecule has 0 amide bonds. The van der Waals surface area contributed by atoms with Crippen molar-refractivity contribution in [2.24, 2.45) is 0 Å². The molecule has 5 heteroatoms. The highest BCUT2D eigenvalue weighted by atomic mass is 16.6. The number of fused-ring (bicyclic) bond motifs is 1. The molecule has 0 atom stereocenters. The predicted octanol–water partition coefficient (Wildman–Crippen LogP) is 2.81. The Morgan fingerprint density at radius 1 is 1.26 bits per heavy atom. The number of benzene rings is 1. The Bertz CT molecular complexity index is 666. The zero-order valence-corrected chi connectivity index (χ0v) is 9.95. The number of rotatable bonds is 2. The van der Waals surface area contributed by atoms with E-state index < -0.39 is 4.92 Å². The number of nitro benzene ring substituents is 1. The third kappa shape index (κ3) is 2.06. The maximum atomic E-state index is 10.9. The van der Waals surface area contributed by atoms with Crippen molar-refractivity contribution in [3.63, 3.8) is 0 Å². The van der Waals surface area contributed by atoms with E-state index in [0.29, 0.717) is 17.9 Å². The molecule has 1 aromatic heterocycles. The number of nitrogens with zero attached hydrogens (tertiary/aromatic N) is 2. The quantitative estimate of drug-likeness (QED) is 0.610. The lowest BCUT2D eigenvalue weighted by Gasteiger charge is -2.17. The molecule has 0 aliphatic carbocycles. The minimum atomic E-state index is -0.412. The first-order valence-corrected chi connectivity index (χ1v) is 5.79. The molecule has 2 heterocycles. The average molecular weight is 254 g/mol. The number of pyridine rings is 1. The van der Waals surface area contributed by atoms with Crippen LogP contribution in [-0.4, -0.2) is 16.5 Å². The first-order chi connectivity index (χ1) is 9.25. The van der Waals surface area contributed by atoms with Gasteiger partial charge in [-0.05, 0) is 24.3 Å². The molecule has 1 aliphatic heterocycles. The lowest BCUT2D eigenvalue weighted by molar-refractivity contribution is -0.384. The van der Waals surface area contributed by atoms with Crippen LogP contribution in [0.25, 0.3) is 5.57 Å². The lowest BCUT2D eigenvalue weighted by atomic mass is 9.98. The van der Waals surface area contributed by atoms with Crippen LogP contribution in [0.4, 0.5) is 5.69 Å². The smallest absolute Gasteiger partial charge is 0.270 e. The molecule has 0 saturated carbocycles. The summed E-state index contributed by atoms with van der Waals surface area (Å²) in [5.74, 6) is 0.647. The van der Waals surface area contributed by atoms with Crippen LogP contribution in [0.5, 0.6) is 5.75 Å². The van der Waals surface area contributed by atoms with E-state index in [9.17, 15) is 10.1 Å². The first-order valence-electron chi connectivity index (χ1n) is 5.79. The zero-order valence-electron chi connectivity index (χ0n) is 9.95. The molecule has 94 valence electrons. The molecule has 5 nitrogen and oxygen atoms in total. The fourth-order valence-electron chi connectivity index (χ4n) is 2.06. The molecule has 1 aromatic carbocycles. The second kappa shape index (κ2) is 4.53. The minimum Gasteiger partial charge on any atom is -0.489 e. The van der Waals surface area contributed by atoms with Gasteiger partial charge in [-0.15, -0.1) is 0 Å². The summed E-state index contributed by atoms with van der Waals surface area (Å²) in [6.07, 6.45) is 3.58. The third-order valence-electron chi connectivity index (χ3n) is 2.93. The van der Waals surface area contributed by atoms with Gasteiger partial charge in [-0.2, -0.15) is 0 Å². The maximum Gasteiger partial charge on any atom is 0.270 e. The van der Waals surface area contributed by atoms with E-state index in [-0.39, 0.29) is 5.69 Å². The standard InChI is InChI=1S/C14H10N2O3/c17-16(18)10-4-5-14-12(9-10)11(6-8-19-14)13-3-1-2-7-15-13/h1-7,9H,8H2. The van der Waals surface area contributed by atoms with Gasteiger partial charge in [0, 0.05) is 29.5 Å². The summed E-state index contributed by atoms with van der Waals surface area (Å²) in [5.41, 5.74) is 2.41. The van der Waals surface area contributed by atoms with Gasteiger partial charge in [-0.25, -0.2) is 0 Å². The van der Waals surface area contributed by atoms with E-state index in [0.717, 1.165) is 11.3 Å². The van der Waals surface area contributed by atoms with E-state index in [2.05, 4.69) is 4.98 Å². The van der Waals surface area contributed by atoms with Crippen LogP contribution in [0.3, 0.4) is 0 Å². The Morgan fingerprint density at radius 2 is 2.16 bits per heavy atom. The lowest BCUT2D eigenvalue weighted by Crippen LogP contribution is -2.06. The van der Waals surface area contributed by atoms with Crippen LogP contribution >= 0.6 is 0 Å². The molecule has 19 heavy (non-hydrogen) atoms. The summed E-state index contributed by atoms with van der Waals surface area (Å²) < 4.78 is 5.48. The molecular weight excluding hydrogens is 244 g/mol. The monoisotopic (exact) mass is 254 g/mol. The van der Waals surface area contributed by atoms with E-state index >= 15 is 0 Å². The van der Waals surface area contributed by atoms with Gasteiger partial charge in [0.15, 0.2) is 0 Å². The number of nitro groups is 1. The average Bonchev–Trinajstić information content (AvgIpc) is 2.47. The number of non-ortho nitro benzene ring substituents is 1. The van der Waals surface area contributed by atoms with Gasteiger partial charge in [0.25, 0.3) is 5.69 Å². The minimum absolute atomic E-state index is 0.0473. The summed E-state index contributed by atoms with van der Waals surface area (Å²) in [7, 11) is 0. The van der Waals surface area contributed by atoms with E-state index in [1.54, 1.807) is 12.3 Å². The van der Waals surface area contributed by atoms with Crippen molar-refractivity contribution in [1.82, 2.24) is 4.98 Å². The third-order valence-corrected chi connectivity index (χ3v) is 2.93. The summed E-state index contributed by atoms with van der Waals surface area (Å²) in [6.45, 7) is 0.441. The maximum absolute atomic E-state index is 10.9. The highest BCUT2D eigenvalue weighted by Crippen LogP contribution is 2.35. The van der Waals surface area contributed by atoms with Crippen LogP contribution in [-0.2, 0) is 0 Å². The van der Waals surface area contributed by atoms with Gasteiger partial charge in [-0.3, -0.25) is 15.1 Å². The Labute approximate surface area is 109 Å². The Kier molecular flexibility index (Phi) is 2.72. The van der Waals surface area contributed by atoms with Gasteiger partial charge in [0.05, 0.1) is 10.6 Å². The van der Waals surface area contributed by atoms with Crippen LogP contribution in [0.2, 0.25) is 0 Å². The molecule has 3 rings (SSSR count). The summed E-state index contributed by atoms with van der Waals surface area (Å²) in [6, 6.07) is 10.2. The first kappa shape index (κ1) is 11.4. The van der Waals surface area contributed by atoms with Gasteiger partial charge in [-0.1, -0.05) is 6.07 Å². The molecule has 2 aromatic rings. The van der Waals surface area contributed by atoms with E-state index in [1.807, 2.05) is 24.3 Å². The topological polar surface area (TPSA) is 65.3 Å². The molecule has 1 aliphatic rings. The van der Waals surface area contributed by atoms with E-state index in [4.69, 9.17) is 4.74 Å². The molecule has 0 fully saturated rings. The number of hydrogen-bond donors (Lipinski definition) is 0. The highest BCUT2D eigenvalue weighted by Gasteiger charge is 2.19. The van der Waals surface area contributed by atoms with Crippen molar-refractivity contribution in [3.05, 3.63) is 70.0 Å². The normalized spacial score (nSPS) is 13.2. The van der Waals surface area contributed by atoms with Gasteiger partial charge < -0.3 is 4.74 Å². The van der Waals surface area contributed by atoms with Gasteiger partial charge in [0.2, 0.25) is 0 Å². The molecule has 0 radical (unpaired) electrons. The molecule has 0 N–H and O–H groups in total. The molecule has 0 saturated heterocycles. The molecule has 0 unspecified atom stereocenters. The van der Waals surface area contributed by atoms with Crippen molar-refractivity contribution in [2.45, 2.75) is 0 Å². The number of hydrogen-bond acceptors (Lipinski definition) is 4. The van der Waals surface area contributed by atoms with Crippen LogP contribution in [0.1, 0.15) is 11.3 Å². The summed E-state index contributed by atoms with van der Waals surface area (Å²) >= 11 is 0. The Morgan fingerprint density at radius 3 is 2.89 bits per heavy atom. The highest BCUT2D eigenvalue weighted by molar-refractivity contribution is 5.83. The Hall–Kier alpha value is -2.69. The van der Waals surface area contributed by atoms with Crippen molar-refractivity contribution in [2.75, 3.05) is 6.61 Å². The second-order valence-corrected chi connectivity index (χ2v) is 4.08. The van der Waals surface area contributed by atoms with Crippen molar-refractivity contribution >= 4 is 11.3 Å². The number of ether oxygens (including phenoxy) is 1. The molecule has 0 bridgehead atoms. The fourth-order valence-corrected chi connectivity index (χ4v) is 2.06. The zero-order chi connectivity index (χ0) is 13.2. The Balaban J connectivity index is 2.13. The number of aromatic nitrogens is 1. The summed E-state index contributed by atoms with van der Waals surface area (Å²) in [4.78, 5) is 14.7. The van der Waals surface area contributed by atoms with Crippen LogP contribution < -0.4 is 4.74 Å². The van der Waals surface area contributed by atoms with Crippen LogP contribution in [0, 0.1) is 10.1 Å². The van der Waals surface area contributed by atoms with Crippen molar-refractivity contribution in [1.29, 1.82) is 0 Å². The molecular formula is C14H10N2O3. The summed E-state index contributed by atoms with van der Waals surface area (Å²) in [5, 5.41) is 10.9. The predicted molar refractivity (Wildman–Crippen MR) is 69.9 cm³/mol. The largest absolute Gasteiger partial charge is 0.489 e. The SMILES string of the molecule is O=[N+]([O-])c1ccc2c(c1)C(c1ccccn1)=CCO2. The van der Waals surface area contributed by atoms with E-state index in [1.165, 1.54) is 12.1 Å². The van der Waals surface area contributed by atoms with Crippen LogP contribution in [0.15, 0.2) is 48.7 Å². The van der Waals surface area contributed by atoms with Crippen molar-refractivity contribution in [3.8, 4) is 5.75 Å². The fraction of sp³-hybridized carbons (Fsp3) is 0.0714. The second-order valence-electron chi connectivity index (χ2n) is 4.08. The van der Waals surface area contributed by atoms with Crippen molar-refractivity contribution < 1.29 is 9.66 Å². The molecule has 0 spiro atoms. The van der Waals surface area contributed by atoms with Gasteiger partial charge >= 0.3 is 0 Å².